The summed E-state index contributed by atoms with van der Waals surface area (Å²) in [5, 5.41) is 0. The van der Waals surface area contributed by atoms with E-state index in [1.807, 2.05) is 6.07 Å². The Balaban J connectivity index is 1.68. The fourth-order valence-corrected chi connectivity index (χ4v) is 4.51. The molecule has 27 heavy (non-hydrogen) atoms. The second-order valence-electron chi connectivity index (χ2n) is 6.29. The highest BCUT2D eigenvalue weighted by molar-refractivity contribution is 7.89. The minimum Gasteiger partial charge on any atom is -0.380 e. The maximum absolute atomic E-state index is 13.4. The first-order chi connectivity index (χ1) is 12.9. The summed E-state index contributed by atoms with van der Waals surface area (Å²) in [6.45, 7) is 1.31. The number of sulfonamides is 1. The van der Waals surface area contributed by atoms with Crippen molar-refractivity contribution in [2.45, 2.75) is 11.5 Å². The molecule has 1 aliphatic rings. The summed E-state index contributed by atoms with van der Waals surface area (Å²) in [5.74, 6) is -0.739. The molecule has 0 atom stereocenters. The van der Waals surface area contributed by atoms with Crippen LogP contribution in [-0.4, -0.2) is 56.8 Å². The highest BCUT2D eigenvalue weighted by atomic mass is 32.2. The number of rotatable bonds is 5. The summed E-state index contributed by atoms with van der Waals surface area (Å²) in [4.78, 5) is 14.2. The van der Waals surface area contributed by atoms with Gasteiger partial charge in [-0.05, 0) is 35.9 Å². The summed E-state index contributed by atoms with van der Waals surface area (Å²) in [6, 6.07) is 12.1. The van der Waals surface area contributed by atoms with Gasteiger partial charge in [-0.3, -0.25) is 4.79 Å². The van der Waals surface area contributed by atoms with Crippen molar-refractivity contribution in [1.29, 1.82) is 0 Å². The second kappa shape index (κ2) is 8.16. The third-order valence-electron chi connectivity index (χ3n) is 4.44. The highest BCUT2D eigenvalue weighted by Crippen LogP contribution is 2.19. The second-order valence-corrected chi connectivity index (χ2v) is 8.22. The molecule has 0 unspecified atom stereocenters. The minimum atomic E-state index is -3.77. The molecular formula is C19H21FN2O4S. The number of carbonyl (C=O) groups is 1. The van der Waals surface area contributed by atoms with Gasteiger partial charge in [0.2, 0.25) is 10.0 Å². The number of methoxy groups -OCH3 is 1. The Bertz CT molecular complexity index is 925. The zero-order valence-corrected chi connectivity index (χ0v) is 15.8. The maximum Gasteiger partial charge on any atom is 0.253 e. The zero-order valence-electron chi connectivity index (χ0n) is 15.0. The number of hydrogen-bond acceptors (Lipinski definition) is 4. The predicted octanol–water partition coefficient (Wildman–Crippen LogP) is 2.12. The first-order valence-corrected chi connectivity index (χ1v) is 9.98. The minimum absolute atomic E-state index is 0.0745. The Morgan fingerprint density at radius 3 is 2.44 bits per heavy atom. The quantitative estimate of drug-likeness (QED) is 0.782. The van der Waals surface area contributed by atoms with Gasteiger partial charge in [0.1, 0.15) is 5.82 Å². The molecule has 1 fully saturated rings. The van der Waals surface area contributed by atoms with E-state index >= 15 is 0 Å². The molecule has 6 nitrogen and oxygen atoms in total. The van der Waals surface area contributed by atoms with E-state index in [4.69, 9.17) is 4.74 Å². The molecule has 3 rings (SSSR count). The Kier molecular flexibility index (Phi) is 5.88. The largest absolute Gasteiger partial charge is 0.380 e. The normalized spacial score (nSPS) is 15.7. The van der Waals surface area contributed by atoms with Crippen LogP contribution in [0.3, 0.4) is 0 Å². The van der Waals surface area contributed by atoms with Gasteiger partial charge in [-0.2, -0.15) is 4.31 Å². The van der Waals surface area contributed by atoms with Gasteiger partial charge in [-0.25, -0.2) is 12.8 Å². The van der Waals surface area contributed by atoms with Gasteiger partial charge >= 0.3 is 0 Å². The van der Waals surface area contributed by atoms with Crippen LogP contribution in [0, 0.1) is 5.82 Å². The lowest BCUT2D eigenvalue weighted by molar-refractivity contribution is 0.0697. The average molecular weight is 392 g/mol. The Morgan fingerprint density at radius 1 is 1.07 bits per heavy atom. The van der Waals surface area contributed by atoms with Crippen LogP contribution in [0.5, 0.6) is 0 Å². The van der Waals surface area contributed by atoms with Crippen molar-refractivity contribution in [3.05, 3.63) is 65.5 Å². The molecule has 144 valence electrons. The fraction of sp³-hybridized carbons (Fsp3) is 0.316. The molecule has 1 heterocycles. The van der Waals surface area contributed by atoms with Crippen molar-refractivity contribution < 1.29 is 22.3 Å². The lowest BCUT2D eigenvalue weighted by atomic mass is 10.1. The van der Waals surface area contributed by atoms with E-state index in [0.717, 1.165) is 11.6 Å². The predicted molar refractivity (Wildman–Crippen MR) is 98.2 cm³/mol. The van der Waals surface area contributed by atoms with Gasteiger partial charge in [0.15, 0.2) is 0 Å². The lowest BCUT2D eigenvalue weighted by Gasteiger charge is -2.34. The summed E-state index contributed by atoms with van der Waals surface area (Å²) >= 11 is 0. The van der Waals surface area contributed by atoms with E-state index in [2.05, 4.69) is 0 Å². The van der Waals surface area contributed by atoms with Crippen LogP contribution < -0.4 is 0 Å². The van der Waals surface area contributed by atoms with Crippen molar-refractivity contribution in [1.82, 2.24) is 9.21 Å². The molecule has 0 aliphatic carbocycles. The Morgan fingerprint density at radius 2 is 1.78 bits per heavy atom. The number of carbonyl (C=O) groups excluding carboxylic acids is 1. The molecule has 0 radical (unpaired) electrons. The summed E-state index contributed by atoms with van der Waals surface area (Å²) in [7, 11) is -2.18. The standard InChI is InChI=1S/C19H21FN2O4S/c1-26-14-15-4-2-5-16(12-15)19(23)21-8-10-22(11-9-21)27(24,25)18-7-3-6-17(20)13-18/h2-7,12-13H,8-11,14H2,1H3. The molecule has 8 heteroatoms. The van der Waals surface area contributed by atoms with Crippen molar-refractivity contribution in [2.75, 3.05) is 33.3 Å². The van der Waals surface area contributed by atoms with Crippen LogP contribution in [0.15, 0.2) is 53.4 Å². The van der Waals surface area contributed by atoms with E-state index < -0.39 is 15.8 Å². The van der Waals surface area contributed by atoms with Crippen LogP contribution in [-0.2, 0) is 21.4 Å². The maximum atomic E-state index is 13.4. The molecule has 1 aliphatic heterocycles. The first-order valence-electron chi connectivity index (χ1n) is 8.54. The topological polar surface area (TPSA) is 66.9 Å². The van der Waals surface area contributed by atoms with Crippen molar-refractivity contribution in [3.63, 3.8) is 0 Å². The number of nitrogens with zero attached hydrogens (tertiary/aromatic N) is 2. The Hall–Kier alpha value is -2.29. The van der Waals surface area contributed by atoms with Crippen molar-refractivity contribution in [3.8, 4) is 0 Å². The first kappa shape index (κ1) is 19.5. The molecule has 0 aromatic heterocycles. The average Bonchev–Trinajstić information content (AvgIpc) is 2.68. The number of piperazine rings is 1. The molecule has 2 aromatic rings. The van der Waals surface area contributed by atoms with Crippen LogP contribution in [0.4, 0.5) is 4.39 Å². The van der Waals surface area contributed by atoms with E-state index in [1.54, 1.807) is 30.2 Å². The van der Waals surface area contributed by atoms with Gasteiger partial charge in [0, 0.05) is 38.9 Å². The number of ether oxygens (including phenoxy) is 1. The molecule has 1 amide bonds. The van der Waals surface area contributed by atoms with Crippen molar-refractivity contribution in [2.24, 2.45) is 0 Å². The molecule has 0 saturated carbocycles. The molecular weight excluding hydrogens is 371 g/mol. The molecule has 2 aromatic carbocycles. The van der Waals surface area contributed by atoms with Gasteiger partial charge < -0.3 is 9.64 Å². The summed E-state index contributed by atoms with van der Waals surface area (Å²) < 4.78 is 45.0. The third kappa shape index (κ3) is 4.35. The van der Waals surface area contributed by atoms with Gasteiger partial charge in [-0.15, -0.1) is 0 Å². The van der Waals surface area contributed by atoms with Crippen LogP contribution in [0.1, 0.15) is 15.9 Å². The van der Waals surface area contributed by atoms with E-state index in [0.29, 0.717) is 12.2 Å². The number of benzene rings is 2. The third-order valence-corrected chi connectivity index (χ3v) is 6.34. The molecule has 0 N–H and O–H groups in total. The van der Waals surface area contributed by atoms with Crippen LogP contribution >= 0.6 is 0 Å². The van der Waals surface area contributed by atoms with E-state index in [9.17, 15) is 17.6 Å². The summed E-state index contributed by atoms with van der Waals surface area (Å²) in [5.41, 5.74) is 1.45. The zero-order chi connectivity index (χ0) is 19.4. The van der Waals surface area contributed by atoms with Gasteiger partial charge in [0.25, 0.3) is 5.91 Å². The summed E-state index contributed by atoms with van der Waals surface area (Å²) in [6.07, 6.45) is 0. The van der Waals surface area contributed by atoms with Crippen LogP contribution in [0.2, 0.25) is 0 Å². The van der Waals surface area contributed by atoms with E-state index in [1.165, 1.54) is 22.5 Å². The Labute approximate surface area is 158 Å². The molecule has 1 saturated heterocycles. The fourth-order valence-electron chi connectivity index (χ4n) is 3.05. The number of halogens is 1. The number of amides is 1. The highest BCUT2D eigenvalue weighted by Gasteiger charge is 2.30. The molecule has 0 bridgehead atoms. The van der Waals surface area contributed by atoms with Crippen LogP contribution in [0.25, 0.3) is 0 Å². The smallest absolute Gasteiger partial charge is 0.253 e. The molecule has 0 spiro atoms. The van der Waals surface area contributed by atoms with Crippen molar-refractivity contribution >= 4 is 15.9 Å². The lowest BCUT2D eigenvalue weighted by Crippen LogP contribution is -2.50. The van der Waals surface area contributed by atoms with Gasteiger partial charge in [0.05, 0.1) is 11.5 Å². The van der Waals surface area contributed by atoms with Gasteiger partial charge in [-0.1, -0.05) is 18.2 Å². The monoisotopic (exact) mass is 392 g/mol. The number of hydrogen-bond donors (Lipinski definition) is 0. The van der Waals surface area contributed by atoms with E-state index in [-0.39, 0.29) is 37.0 Å². The SMILES string of the molecule is COCc1cccc(C(=O)N2CCN(S(=O)(=O)c3cccc(F)c3)CC2)c1.